The fourth-order valence-corrected chi connectivity index (χ4v) is 4.07. The zero-order valence-corrected chi connectivity index (χ0v) is 19.4. The van der Waals surface area contributed by atoms with E-state index in [0.29, 0.717) is 19.3 Å². The van der Waals surface area contributed by atoms with Gasteiger partial charge in [-0.25, -0.2) is 0 Å². The van der Waals surface area contributed by atoms with E-state index < -0.39 is 17.9 Å². The van der Waals surface area contributed by atoms with Crippen LogP contribution in [0, 0.1) is 0 Å². The SMILES string of the molecule is C/C=C/CCCCCC[N+](CCCCC(=O)O)(CCCCC(=O)O)CCCCC(=O)O. The lowest BCUT2D eigenvalue weighted by atomic mass is 10.1. The molecule has 7 nitrogen and oxygen atoms in total. The minimum atomic E-state index is -0.776. The molecule has 0 atom stereocenters. The molecule has 0 radical (unpaired) electrons. The van der Waals surface area contributed by atoms with Gasteiger partial charge in [-0.2, -0.15) is 0 Å². The summed E-state index contributed by atoms with van der Waals surface area (Å²) < 4.78 is 0.855. The Hall–Kier alpha value is -1.89. The number of carboxylic acid groups (broad SMARTS) is 3. The molecule has 0 fully saturated rings. The second-order valence-corrected chi connectivity index (χ2v) is 8.56. The van der Waals surface area contributed by atoms with E-state index in [1.54, 1.807) is 0 Å². The van der Waals surface area contributed by atoms with Crippen molar-refractivity contribution < 1.29 is 34.2 Å². The topological polar surface area (TPSA) is 112 Å². The molecule has 3 N–H and O–H groups in total. The first-order valence-electron chi connectivity index (χ1n) is 11.9. The van der Waals surface area contributed by atoms with Gasteiger partial charge in [-0.1, -0.05) is 18.6 Å². The number of nitrogens with zero attached hydrogens (tertiary/aromatic N) is 1. The highest BCUT2D eigenvalue weighted by atomic mass is 16.4. The first-order chi connectivity index (χ1) is 14.8. The third-order valence-electron chi connectivity index (χ3n) is 5.81. The van der Waals surface area contributed by atoms with E-state index in [4.69, 9.17) is 15.3 Å². The van der Waals surface area contributed by atoms with Gasteiger partial charge in [-0.15, -0.1) is 0 Å². The Balaban J connectivity index is 4.88. The predicted octanol–water partition coefficient (Wildman–Crippen LogP) is 5.09. The summed E-state index contributed by atoms with van der Waals surface area (Å²) in [6.45, 7) is 5.67. The van der Waals surface area contributed by atoms with Crippen LogP contribution in [0.2, 0.25) is 0 Å². The smallest absolute Gasteiger partial charge is 0.303 e. The van der Waals surface area contributed by atoms with Crippen molar-refractivity contribution in [1.29, 1.82) is 0 Å². The molecule has 0 aliphatic heterocycles. The lowest BCUT2D eigenvalue weighted by molar-refractivity contribution is -0.929. The maximum absolute atomic E-state index is 10.9. The number of unbranched alkanes of at least 4 members (excludes halogenated alkanes) is 7. The van der Waals surface area contributed by atoms with Crippen molar-refractivity contribution in [3.8, 4) is 0 Å². The molecule has 0 aliphatic rings. The Bertz CT molecular complexity index is 477. The number of hydrogen-bond acceptors (Lipinski definition) is 3. The molecule has 0 heterocycles. The highest BCUT2D eigenvalue weighted by Gasteiger charge is 2.26. The molecule has 0 rings (SSSR count). The summed E-state index contributed by atoms with van der Waals surface area (Å²) in [4.78, 5) is 32.6. The second-order valence-electron chi connectivity index (χ2n) is 8.56. The number of hydrogen-bond donors (Lipinski definition) is 3. The zero-order chi connectivity index (χ0) is 23.4. The van der Waals surface area contributed by atoms with E-state index in [0.717, 1.165) is 69.2 Å². The largest absolute Gasteiger partial charge is 0.481 e. The van der Waals surface area contributed by atoms with Crippen LogP contribution in [-0.4, -0.2) is 63.9 Å². The van der Waals surface area contributed by atoms with Gasteiger partial charge in [0.25, 0.3) is 0 Å². The molecule has 0 unspecified atom stereocenters. The van der Waals surface area contributed by atoms with Crippen molar-refractivity contribution >= 4 is 17.9 Å². The van der Waals surface area contributed by atoms with E-state index in [9.17, 15) is 14.4 Å². The molecule has 0 aromatic heterocycles. The van der Waals surface area contributed by atoms with Crippen LogP contribution in [0.1, 0.15) is 96.8 Å². The number of aliphatic carboxylic acids is 3. The normalized spacial score (nSPS) is 11.8. The number of allylic oxidation sites excluding steroid dienone is 2. The summed E-state index contributed by atoms with van der Waals surface area (Å²) in [5.41, 5.74) is 0. The molecule has 0 saturated heterocycles. The van der Waals surface area contributed by atoms with Gasteiger partial charge in [0.05, 0.1) is 26.2 Å². The van der Waals surface area contributed by atoms with Crippen LogP contribution in [0.3, 0.4) is 0 Å². The maximum Gasteiger partial charge on any atom is 0.303 e. The molecule has 31 heavy (non-hydrogen) atoms. The van der Waals surface area contributed by atoms with E-state index >= 15 is 0 Å². The molecular formula is C24H44NO6+. The van der Waals surface area contributed by atoms with Crippen LogP contribution >= 0.6 is 0 Å². The van der Waals surface area contributed by atoms with Gasteiger partial charge in [0.2, 0.25) is 0 Å². The zero-order valence-electron chi connectivity index (χ0n) is 19.4. The Morgan fingerprint density at radius 1 is 0.581 bits per heavy atom. The fourth-order valence-electron chi connectivity index (χ4n) is 4.07. The van der Waals surface area contributed by atoms with Gasteiger partial charge in [0.1, 0.15) is 0 Å². The number of carbonyl (C=O) groups is 3. The Morgan fingerprint density at radius 2 is 0.935 bits per heavy atom. The monoisotopic (exact) mass is 442 g/mol. The van der Waals surface area contributed by atoms with Crippen LogP contribution < -0.4 is 0 Å². The quantitative estimate of drug-likeness (QED) is 0.122. The van der Waals surface area contributed by atoms with Crippen molar-refractivity contribution in [3.05, 3.63) is 12.2 Å². The maximum atomic E-state index is 10.9. The highest BCUT2D eigenvalue weighted by molar-refractivity contribution is 5.67. The van der Waals surface area contributed by atoms with E-state index in [2.05, 4.69) is 12.2 Å². The van der Waals surface area contributed by atoms with Gasteiger partial charge in [-0.05, 0) is 71.1 Å². The van der Waals surface area contributed by atoms with E-state index in [1.807, 2.05) is 6.92 Å². The molecule has 0 aromatic rings. The summed E-state index contributed by atoms with van der Waals surface area (Å²) in [7, 11) is 0. The van der Waals surface area contributed by atoms with Crippen molar-refractivity contribution in [2.45, 2.75) is 96.8 Å². The van der Waals surface area contributed by atoms with Crippen molar-refractivity contribution in [2.24, 2.45) is 0 Å². The number of carboxylic acids is 3. The highest BCUT2D eigenvalue weighted by Crippen LogP contribution is 2.19. The van der Waals surface area contributed by atoms with Crippen molar-refractivity contribution in [2.75, 3.05) is 26.2 Å². The molecule has 0 bridgehead atoms. The van der Waals surface area contributed by atoms with Gasteiger partial charge in [-0.3, -0.25) is 14.4 Å². The fraction of sp³-hybridized carbons (Fsp3) is 0.792. The summed E-state index contributed by atoms with van der Waals surface area (Å²) in [5, 5.41) is 26.8. The second kappa shape index (κ2) is 18.8. The summed E-state index contributed by atoms with van der Waals surface area (Å²) >= 11 is 0. The first kappa shape index (κ1) is 29.1. The van der Waals surface area contributed by atoms with Crippen LogP contribution in [0.4, 0.5) is 0 Å². The minimum absolute atomic E-state index is 0.170. The molecule has 0 aliphatic carbocycles. The Kier molecular flexibility index (Phi) is 17.7. The van der Waals surface area contributed by atoms with E-state index in [1.165, 1.54) is 12.8 Å². The van der Waals surface area contributed by atoms with E-state index in [-0.39, 0.29) is 19.3 Å². The van der Waals surface area contributed by atoms with Crippen LogP contribution in [0.15, 0.2) is 12.2 Å². The van der Waals surface area contributed by atoms with Gasteiger partial charge in [0, 0.05) is 19.3 Å². The third kappa shape index (κ3) is 18.6. The molecule has 180 valence electrons. The van der Waals surface area contributed by atoms with Crippen molar-refractivity contribution in [3.63, 3.8) is 0 Å². The Morgan fingerprint density at radius 3 is 1.29 bits per heavy atom. The molecule has 7 heteroatoms. The molecule has 0 spiro atoms. The molecular weight excluding hydrogens is 398 g/mol. The molecule has 0 aromatic carbocycles. The average molecular weight is 443 g/mol. The van der Waals surface area contributed by atoms with Crippen LogP contribution in [0.25, 0.3) is 0 Å². The lowest BCUT2D eigenvalue weighted by Crippen LogP contribution is -2.51. The minimum Gasteiger partial charge on any atom is -0.481 e. The summed E-state index contributed by atoms with van der Waals surface area (Å²) in [6, 6.07) is 0. The number of quaternary nitrogens is 1. The third-order valence-corrected chi connectivity index (χ3v) is 5.81. The number of rotatable bonds is 22. The molecule has 0 saturated carbocycles. The first-order valence-corrected chi connectivity index (χ1v) is 11.9. The Labute approximate surface area is 187 Å². The van der Waals surface area contributed by atoms with Gasteiger partial charge < -0.3 is 19.8 Å². The van der Waals surface area contributed by atoms with Crippen LogP contribution in [0.5, 0.6) is 0 Å². The predicted molar refractivity (Wildman–Crippen MR) is 122 cm³/mol. The van der Waals surface area contributed by atoms with Crippen molar-refractivity contribution in [1.82, 2.24) is 0 Å². The van der Waals surface area contributed by atoms with Gasteiger partial charge >= 0.3 is 17.9 Å². The van der Waals surface area contributed by atoms with Gasteiger partial charge in [0.15, 0.2) is 0 Å². The summed E-state index contributed by atoms with van der Waals surface area (Å²) in [6.07, 6.45) is 14.9. The average Bonchev–Trinajstić information content (AvgIpc) is 2.70. The van der Waals surface area contributed by atoms with Crippen LogP contribution in [-0.2, 0) is 14.4 Å². The standard InChI is InChI=1S/C24H43NO6/c1-2-3-4-5-6-7-11-18-25(19-12-8-15-22(26)27,20-13-9-16-23(28)29)21-14-10-17-24(30)31/h2-3H,4-21H2,1H3,(H2-,26,27,28,29,30,31)/p+1/b3-2+. The molecule has 0 amide bonds. The summed E-state index contributed by atoms with van der Waals surface area (Å²) in [5.74, 6) is -2.33. The lowest BCUT2D eigenvalue weighted by Gasteiger charge is -2.39.